The molecule has 0 aromatic heterocycles. The van der Waals surface area contributed by atoms with Crippen LogP contribution in [0.1, 0.15) is 31.7 Å². The van der Waals surface area contributed by atoms with Gasteiger partial charge in [-0.15, -0.1) is 0 Å². The number of nitro groups is 1. The van der Waals surface area contributed by atoms with Gasteiger partial charge < -0.3 is 24.2 Å². The maximum Gasteiger partial charge on any atom is 0.269 e. The minimum absolute atomic E-state index is 0.106. The summed E-state index contributed by atoms with van der Waals surface area (Å²) in [6, 6.07) is 3.80. The second kappa shape index (κ2) is 7.89. The van der Waals surface area contributed by atoms with Crippen molar-refractivity contribution in [2.75, 3.05) is 18.5 Å². The SMILES string of the molecule is C[C@H]1[C@H]([Si](C)(C)F)[C@@H](CC(=O)N2CCC[C@H]2CO)O[C@]12C(=O)Nc1ccc([N+](=O)[O-])cc12. The largest absolute Gasteiger partial charge is 0.394 e. The normalized spacial score (nSPS) is 31.8. The fourth-order valence-electron chi connectivity index (χ4n) is 5.81. The second-order valence-electron chi connectivity index (χ2n) is 9.48. The Hall–Kier alpha value is -2.37. The van der Waals surface area contributed by atoms with Crippen LogP contribution >= 0.6 is 0 Å². The molecule has 4 rings (SSSR count). The molecule has 174 valence electrons. The van der Waals surface area contributed by atoms with Crippen LogP contribution in [0, 0.1) is 16.0 Å². The highest BCUT2D eigenvalue weighted by Gasteiger charge is 2.65. The molecule has 0 saturated carbocycles. The van der Waals surface area contributed by atoms with E-state index in [4.69, 9.17) is 4.74 Å². The summed E-state index contributed by atoms with van der Waals surface area (Å²) in [7, 11) is -3.42. The number of nitrogens with zero attached hydrogens (tertiary/aromatic N) is 2. The topological polar surface area (TPSA) is 122 Å². The van der Waals surface area contributed by atoms with Crippen LogP contribution < -0.4 is 5.32 Å². The molecule has 11 heteroatoms. The number of ether oxygens (including phenoxy) is 1. The minimum Gasteiger partial charge on any atom is -0.394 e. The predicted octanol–water partition coefficient (Wildman–Crippen LogP) is 2.70. The van der Waals surface area contributed by atoms with Crippen molar-refractivity contribution in [2.24, 2.45) is 5.92 Å². The molecule has 2 saturated heterocycles. The number of hydrogen-bond donors (Lipinski definition) is 2. The number of nitrogens with one attached hydrogen (secondary N) is 1. The lowest BCUT2D eigenvalue weighted by molar-refractivity contribution is -0.385. The average molecular weight is 466 g/mol. The molecule has 1 aromatic rings. The van der Waals surface area contributed by atoms with Gasteiger partial charge in [-0.3, -0.25) is 19.7 Å². The van der Waals surface area contributed by atoms with E-state index in [9.17, 15) is 24.8 Å². The van der Waals surface area contributed by atoms with Crippen molar-refractivity contribution < 1.29 is 28.5 Å². The van der Waals surface area contributed by atoms with Crippen LogP contribution in [0.5, 0.6) is 0 Å². The summed E-state index contributed by atoms with van der Waals surface area (Å²) in [5, 5.41) is 23.6. The Kier molecular flexibility index (Phi) is 5.62. The zero-order valence-electron chi connectivity index (χ0n) is 18.3. The quantitative estimate of drug-likeness (QED) is 0.298. The zero-order chi connectivity index (χ0) is 23.4. The summed E-state index contributed by atoms with van der Waals surface area (Å²) in [6.07, 6.45) is 0.542. The van der Waals surface area contributed by atoms with Gasteiger partial charge in [0.25, 0.3) is 11.6 Å². The van der Waals surface area contributed by atoms with Gasteiger partial charge >= 0.3 is 0 Å². The van der Waals surface area contributed by atoms with Crippen LogP contribution in [0.3, 0.4) is 0 Å². The number of likely N-dealkylation sites (tertiary alicyclic amines) is 1. The Labute approximate surface area is 186 Å². The molecule has 3 aliphatic rings. The summed E-state index contributed by atoms with van der Waals surface area (Å²) >= 11 is 0. The van der Waals surface area contributed by atoms with Crippen molar-refractivity contribution in [3.05, 3.63) is 33.9 Å². The van der Waals surface area contributed by atoms with Crippen molar-refractivity contribution >= 4 is 31.6 Å². The van der Waals surface area contributed by atoms with Crippen LogP contribution in [0.2, 0.25) is 18.6 Å². The number of hydrogen-bond acceptors (Lipinski definition) is 6. The van der Waals surface area contributed by atoms with Crippen LogP contribution in [-0.2, 0) is 19.9 Å². The third kappa shape index (κ3) is 3.42. The monoisotopic (exact) mass is 465 g/mol. The molecule has 2 amide bonds. The molecule has 2 N–H and O–H groups in total. The molecule has 0 bridgehead atoms. The van der Waals surface area contributed by atoms with E-state index in [-0.39, 0.29) is 30.7 Å². The molecule has 32 heavy (non-hydrogen) atoms. The van der Waals surface area contributed by atoms with Gasteiger partial charge in [-0.25, -0.2) is 0 Å². The third-order valence-corrected chi connectivity index (χ3v) is 9.65. The number of fused-ring (bicyclic) bond motifs is 2. The lowest BCUT2D eigenvalue weighted by Gasteiger charge is -2.31. The van der Waals surface area contributed by atoms with E-state index >= 15 is 4.11 Å². The van der Waals surface area contributed by atoms with Gasteiger partial charge in [-0.2, -0.15) is 0 Å². The molecule has 5 atom stereocenters. The standard InChI is InChI=1S/C21H28FN3O6Si/c1-12-19(32(2,3)22)17(10-18(27)24-8-4-5-14(24)11-26)31-21(12)15-9-13(25(29)30)6-7-16(15)23-20(21)28/h6-7,9,12,14,17,19,26H,4-5,8,10-11H2,1-3H3,(H,23,28)/t12-,14-,17+,19-,21+/m0/s1. The smallest absolute Gasteiger partial charge is 0.269 e. The number of carbonyl (C=O) groups is 2. The predicted molar refractivity (Wildman–Crippen MR) is 116 cm³/mol. The average Bonchev–Trinajstić information content (AvgIpc) is 3.37. The number of aliphatic hydroxyl groups excluding tert-OH is 1. The van der Waals surface area contributed by atoms with Crippen molar-refractivity contribution in [3.63, 3.8) is 0 Å². The highest BCUT2D eigenvalue weighted by Crippen LogP contribution is 2.59. The van der Waals surface area contributed by atoms with Crippen LogP contribution in [0.15, 0.2) is 18.2 Å². The molecular weight excluding hydrogens is 437 g/mol. The Balaban J connectivity index is 1.72. The molecule has 2 fully saturated rings. The molecule has 3 aliphatic heterocycles. The number of non-ortho nitro benzene ring substituents is 1. The van der Waals surface area contributed by atoms with Crippen molar-refractivity contribution in [2.45, 2.75) is 62.6 Å². The summed E-state index contributed by atoms with van der Waals surface area (Å²) in [5.41, 5.74) is -1.73. The van der Waals surface area contributed by atoms with Gasteiger partial charge in [0.2, 0.25) is 14.3 Å². The number of nitro benzene ring substituents is 1. The number of rotatable bonds is 5. The van der Waals surface area contributed by atoms with E-state index in [0.717, 1.165) is 6.42 Å². The van der Waals surface area contributed by atoms with E-state index in [1.807, 2.05) is 0 Å². The molecule has 1 aromatic carbocycles. The van der Waals surface area contributed by atoms with E-state index in [1.165, 1.54) is 31.3 Å². The first-order chi connectivity index (χ1) is 15.0. The molecule has 0 aliphatic carbocycles. The Morgan fingerprint density at radius 2 is 2.19 bits per heavy atom. The van der Waals surface area contributed by atoms with Gasteiger partial charge in [-0.05, 0) is 32.0 Å². The summed E-state index contributed by atoms with van der Waals surface area (Å²) < 4.78 is 21.9. The molecule has 0 unspecified atom stereocenters. The maximum atomic E-state index is 15.6. The lowest BCUT2D eigenvalue weighted by atomic mass is 9.82. The number of halogens is 1. The first-order valence-electron chi connectivity index (χ1n) is 10.9. The number of amides is 2. The number of aliphatic hydroxyl groups is 1. The molecule has 1 spiro atoms. The van der Waals surface area contributed by atoms with Crippen molar-refractivity contribution in [1.29, 1.82) is 0 Å². The number of carbonyl (C=O) groups excluding carboxylic acids is 2. The van der Waals surface area contributed by atoms with Crippen LogP contribution in [0.25, 0.3) is 0 Å². The third-order valence-electron chi connectivity index (χ3n) is 7.19. The fourth-order valence-corrected chi connectivity index (χ4v) is 8.30. The fraction of sp³-hybridized carbons (Fsp3) is 0.619. The molecule has 3 heterocycles. The Morgan fingerprint density at radius 1 is 1.47 bits per heavy atom. The maximum absolute atomic E-state index is 15.6. The lowest BCUT2D eigenvalue weighted by Crippen LogP contribution is -2.42. The molecular formula is C21H28FN3O6Si. The van der Waals surface area contributed by atoms with Crippen molar-refractivity contribution in [1.82, 2.24) is 4.90 Å². The first-order valence-corrected chi connectivity index (χ1v) is 13.8. The Morgan fingerprint density at radius 3 is 2.81 bits per heavy atom. The summed E-state index contributed by atoms with van der Waals surface area (Å²) in [5.74, 6) is -1.35. The highest BCUT2D eigenvalue weighted by molar-refractivity contribution is 6.72. The summed E-state index contributed by atoms with van der Waals surface area (Å²) in [4.78, 5) is 38.6. The Bertz CT molecular complexity index is 969. The summed E-state index contributed by atoms with van der Waals surface area (Å²) in [6.45, 7) is 5.17. The molecule has 9 nitrogen and oxygen atoms in total. The van der Waals surface area contributed by atoms with Gasteiger partial charge in [-0.1, -0.05) is 6.92 Å². The van der Waals surface area contributed by atoms with Crippen LogP contribution in [0.4, 0.5) is 15.5 Å². The first kappa shape index (κ1) is 22.8. The van der Waals surface area contributed by atoms with Crippen LogP contribution in [-0.4, -0.2) is 60.4 Å². The van der Waals surface area contributed by atoms with Gasteiger partial charge in [0, 0.05) is 41.4 Å². The highest BCUT2D eigenvalue weighted by atomic mass is 28.4. The van der Waals surface area contributed by atoms with Gasteiger partial charge in [0.05, 0.1) is 30.1 Å². The van der Waals surface area contributed by atoms with Gasteiger partial charge in [0.1, 0.15) is 0 Å². The minimum atomic E-state index is -3.42. The van der Waals surface area contributed by atoms with E-state index in [1.54, 1.807) is 11.8 Å². The van der Waals surface area contributed by atoms with E-state index < -0.39 is 42.4 Å². The second-order valence-corrected chi connectivity index (χ2v) is 13.3. The van der Waals surface area contributed by atoms with Gasteiger partial charge in [0.15, 0.2) is 5.60 Å². The zero-order valence-corrected chi connectivity index (χ0v) is 19.3. The number of anilines is 1. The molecule has 0 radical (unpaired) electrons. The van der Waals surface area contributed by atoms with Crippen molar-refractivity contribution in [3.8, 4) is 0 Å². The van der Waals surface area contributed by atoms with E-state index in [0.29, 0.717) is 24.2 Å². The van der Waals surface area contributed by atoms with E-state index in [2.05, 4.69) is 5.32 Å². The number of benzene rings is 1.